The number of thiazole rings is 1. The smallest absolute Gasteiger partial charge is 0.193 e. The maximum atomic E-state index is 4.74. The van der Waals surface area contributed by atoms with Crippen LogP contribution in [-0.2, 0) is 6.42 Å². The highest BCUT2D eigenvalue weighted by atomic mass is 32.1. The van der Waals surface area contributed by atoms with Crippen LogP contribution >= 0.6 is 11.3 Å². The second-order valence-electron chi connectivity index (χ2n) is 5.69. The molecule has 1 aromatic heterocycles. The largest absolute Gasteiger partial charge is 0.357 e. The number of benzene rings is 1. The van der Waals surface area contributed by atoms with Gasteiger partial charge in [0.1, 0.15) is 0 Å². The van der Waals surface area contributed by atoms with Crippen molar-refractivity contribution < 1.29 is 0 Å². The average Bonchev–Trinajstić information content (AvgIpc) is 2.98. The molecular formula is C18H28N4S. The summed E-state index contributed by atoms with van der Waals surface area (Å²) >= 11 is 1.80. The van der Waals surface area contributed by atoms with Crippen LogP contribution in [0.25, 0.3) is 10.2 Å². The minimum absolute atomic E-state index is 0.842. The number of hydrogen-bond acceptors (Lipinski definition) is 3. The van der Waals surface area contributed by atoms with Crippen LogP contribution < -0.4 is 5.32 Å². The predicted molar refractivity (Wildman–Crippen MR) is 101 cm³/mol. The fourth-order valence-corrected chi connectivity index (χ4v) is 3.42. The van der Waals surface area contributed by atoms with E-state index in [1.54, 1.807) is 11.3 Å². The molecule has 0 aliphatic carbocycles. The van der Waals surface area contributed by atoms with Gasteiger partial charge in [-0.05, 0) is 31.9 Å². The first-order valence-electron chi connectivity index (χ1n) is 8.58. The van der Waals surface area contributed by atoms with Gasteiger partial charge in [-0.1, -0.05) is 25.5 Å². The Hall–Kier alpha value is -1.62. The van der Waals surface area contributed by atoms with Gasteiger partial charge >= 0.3 is 0 Å². The maximum Gasteiger partial charge on any atom is 0.193 e. The number of hydrogen-bond donors (Lipinski definition) is 1. The molecule has 0 spiro atoms. The molecule has 0 bridgehead atoms. The Labute approximate surface area is 143 Å². The molecule has 4 nitrogen and oxygen atoms in total. The third-order valence-electron chi connectivity index (χ3n) is 3.69. The quantitative estimate of drug-likeness (QED) is 0.452. The molecule has 23 heavy (non-hydrogen) atoms. The van der Waals surface area contributed by atoms with Crippen molar-refractivity contribution >= 4 is 27.5 Å². The number of rotatable bonds is 8. The third-order valence-corrected chi connectivity index (χ3v) is 4.79. The number of aliphatic imine (C=N–C) groups is 1. The molecule has 5 heteroatoms. The first-order valence-corrected chi connectivity index (χ1v) is 9.40. The van der Waals surface area contributed by atoms with E-state index in [1.165, 1.54) is 22.5 Å². The Morgan fingerprint density at radius 1 is 1.26 bits per heavy atom. The normalized spacial score (nSPS) is 11.9. The van der Waals surface area contributed by atoms with E-state index in [0.29, 0.717) is 0 Å². The summed E-state index contributed by atoms with van der Waals surface area (Å²) in [5, 5.41) is 4.59. The fraction of sp³-hybridized carbons (Fsp3) is 0.556. The van der Waals surface area contributed by atoms with Crippen molar-refractivity contribution in [3.8, 4) is 0 Å². The van der Waals surface area contributed by atoms with E-state index in [2.05, 4.69) is 54.3 Å². The summed E-state index contributed by atoms with van der Waals surface area (Å²) in [6.45, 7) is 7.14. The van der Waals surface area contributed by atoms with E-state index in [0.717, 1.165) is 44.0 Å². The Morgan fingerprint density at radius 3 is 2.83 bits per heavy atom. The number of nitrogens with one attached hydrogen (secondary N) is 1. The van der Waals surface area contributed by atoms with E-state index in [-0.39, 0.29) is 0 Å². The standard InChI is InChI=1S/C18H28N4S/c1-4-6-14-22(3)18(19-5-2)20-13-9-12-17-21-15-10-7-8-11-16(15)23-17/h7-8,10-11H,4-6,9,12-14H2,1-3H3,(H,19,20). The van der Waals surface area contributed by atoms with E-state index in [9.17, 15) is 0 Å². The van der Waals surface area contributed by atoms with Crippen molar-refractivity contribution in [2.75, 3.05) is 26.7 Å². The van der Waals surface area contributed by atoms with Crippen LogP contribution in [-0.4, -0.2) is 42.5 Å². The van der Waals surface area contributed by atoms with Crippen molar-refractivity contribution in [1.29, 1.82) is 0 Å². The lowest BCUT2D eigenvalue weighted by Gasteiger charge is -2.21. The highest BCUT2D eigenvalue weighted by molar-refractivity contribution is 7.18. The van der Waals surface area contributed by atoms with Gasteiger partial charge in [0, 0.05) is 33.1 Å². The van der Waals surface area contributed by atoms with Crippen molar-refractivity contribution in [2.45, 2.75) is 39.5 Å². The van der Waals surface area contributed by atoms with Crippen LogP contribution in [0.2, 0.25) is 0 Å². The minimum atomic E-state index is 0.842. The topological polar surface area (TPSA) is 40.5 Å². The lowest BCUT2D eigenvalue weighted by molar-refractivity contribution is 0.464. The van der Waals surface area contributed by atoms with Gasteiger partial charge < -0.3 is 10.2 Å². The molecule has 1 aromatic carbocycles. The SMILES string of the molecule is CCCCN(C)C(=NCCCc1nc2ccccc2s1)NCC. The molecule has 0 aliphatic rings. The van der Waals surface area contributed by atoms with Gasteiger partial charge in [-0.3, -0.25) is 4.99 Å². The molecule has 0 unspecified atom stereocenters. The van der Waals surface area contributed by atoms with Gasteiger partial charge in [0.25, 0.3) is 0 Å². The maximum absolute atomic E-state index is 4.74. The van der Waals surface area contributed by atoms with Gasteiger partial charge in [0.15, 0.2) is 5.96 Å². The van der Waals surface area contributed by atoms with E-state index < -0.39 is 0 Å². The van der Waals surface area contributed by atoms with Crippen LogP contribution in [0.5, 0.6) is 0 Å². The Balaban J connectivity index is 1.85. The van der Waals surface area contributed by atoms with Crippen LogP contribution in [0.3, 0.4) is 0 Å². The fourth-order valence-electron chi connectivity index (χ4n) is 2.41. The number of nitrogens with zero attached hydrogens (tertiary/aromatic N) is 3. The first kappa shape index (κ1) is 17.7. The lowest BCUT2D eigenvalue weighted by atomic mass is 10.3. The summed E-state index contributed by atoms with van der Waals surface area (Å²) in [6.07, 6.45) is 4.45. The molecule has 1 heterocycles. The summed E-state index contributed by atoms with van der Waals surface area (Å²) < 4.78 is 1.28. The zero-order valence-corrected chi connectivity index (χ0v) is 15.3. The number of aromatic nitrogens is 1. The second kappa shape index (κ2) is 9.50. The highest BCUT2D eigenvalue weighted by Crippen LogP contribution is 2.22. The molecule has 1 N–H and O–H groups in total. The van der Waals surface area contributed by atoms with Gasteiger partial charge in [-0.15, -0.1) is 11.3 Å². The van der Waals surface area contributed by atoms with E-state index in [1.807, 2.05) is 6.07 Å². The molecule has 0 saturated heterocycles. The molecule has 0 aliphatic heterocycles. The molecule has 126 valence electrons. The van der Waals surface area contributed by atoms with E-state index >= 15 is 0 Å². The molecule has 0 amide bonds. The minimum Gasteiger partial charge on any atom is -0.357 e. The first-order chi connectivity index (χ1) is 11.2. The number of aryl methyl sites for hydroxylation is 1. The van der Waals surface area contributed by atoms with Gasteiger partial charge in [-0.2, -0.15) is 0 Å². The lowest BCUT2D eigenvalue weighted by Crippen LogP contribution is -2.39. The number of unbranched alkanes of at least 4 members (excludes halogenated alkanes) is 1. The Kier molecular flexibility index (Phi) is 7.33. The second-order valence-corrected chi connectivity index (χ2v) is 6.80. The van der Waals surface area contributed by atoms with Crippen LogP contribution in [0.4, 0.5) is 0 Å². The van der Waals surface area contributed by atoms with E-state index in [4.69, 9.17) is 4.99 Å². The number of fused-ring (bicyclic) bond motifs is 1. The molecule has 0 saturated carbocycles. The van der Waals surface area contributed by atoms with Crippen LogP contribution in [0.1, 0.15) is 38.1 Å². The molecule has 0 atom stereocenters. The molecule has 0 radical (unpaired) electrons. The van der Waals surface area contributed by atoms with Crippen LogP contribution in [0.15, 0.2) is 29.3 Å². The Bertz CT molecular complexity index is 587. The van der Waals surface area contributed by atoms with Crippen molar-refractivity contribution in [3.05, 3.63) is 29.3 Å². The summed E-state index contributed by atoms with van der Waals surface area (Å²) in [6, 6.07) is 8.34. The van der Waals surface area contributed by atoms with Gasteiger partial charge in [-0.25, -0.2) is 4.98 Å². The molecule has 2 aromatic rings. The van der Waals surface area contributed by atoms with Crippen molar-refractivity contribution in [2.24, 2.45) is 4.99 Å². The monoisotopic (exact) mass is 332 g/mol. The summed E-state index contributed by atoms with van der Waals surface area (Å²) in [5.41, 5.74) is 1.11. The highest BCUT2D eigenvalue weighted by Gasteiger charge is 2.05. The molecule has 0 fully saturated rings. The molecule has 2 rings (SSSR count). The third kappa shape index (κ3) is 5.50. The predicted octanol–water partition coefficient (Wildman–Crippen LogP) is 3.93. The molecular weight excluding hydrogens is 304 g/mol. The van der Waals surface area contributed by atoms with Gasteiger partial charge in [0.2, 0.25) is 0 Å². The Morgan fingerprint density at radius 2 is 2.09 bits per heavy atom. The number of para-hydroxylation sites is 1. The van der Waals surface area contributed by atoms with Crippen molar-refractivity contribution in [1.82, 2.24) is 15.2 Å². The summed E-state index contributed by atoms with van der Waals surface area (Å²) in [7, 11) is 2.12. The number of guanidine groups is 1. The zero-order valence-electron chi connectivity index (χ0n) is 14.5. The van der Waals surface area contributed by atoms with Crippen molar-refractivity contribution in [3.63, 3.8) is 0 Å². The average molecular weight is 333 g/mol. The van der Waals surface area contributed by atoms with Gasteiger partial charge in [0.05, 0.1) is 15.2 Å². The van der Waals surface area contributed by atoms with Crippen LogP contribution in [0, 0.1) is 0 Å². The summed E-state index contributed by atoms with van der Waals surface area (Å²) in [5.74, 6) is 1.02. The zero-order chi connectivity index (χ0) is 16.5. The summed E-state index contributed by atoms with van der Waals surface area (Å²) in [4.78, 5) is 11.7.